The number of rotatable bonds is 6. The minimum absolute atomic E-state index is 0.00871. The van der Waals surface area contributed by atoms with E-state index in [1.54, 1.807) is 0 Å². The van der Waals surface area contributed by atoms with E-state index in [0.29, 0.717) is 5.92 Å². The fourth-order valence-corrected chi connectivity index (χ4v) is 6.19. The summed E-state index contributed by atoms with van der Waals surface area (Å²) in [6.45, 7) is 2.91. The van der Waals surface area contributed by atoms with E-state index in [4.69, 9.17) is 21.1 Å². The number of carbonyl (C=O) groups is 1. The number of piperidine rings is 1. The molecule has 5 rings (SSSR count). The minimum Gasteiger partial charge on any atom is -0.349 e. The predicted molar refractivity (Wildman–Crippen MR) is 121 cm³/mol. The number of likely N-dealkylation sites (tertiary alicyclic amines) is 1. The van der Waals surface area contributed by atoms with Crippen molar-refractivity contribution in [2.45, 2.75) is 42.9 Å². The fraction of sp³-hybridized carbons (Fsp3) is 0.480. The molecule has 0 aromatic heterocycles. The van der Waals surface area contributed by atoms with E-state index < -0.39 is 6.29 Å². The normalized spacial score (nSPS) is 25.0. The highest BCUT2D eigenvalue weighted by Gasteiger charge is 2.53. The maximum absolute atomic E-state index is 12.3. The van der Waals surface area contributed by atoms with Crippen molar-refractivity contribution in [2.75, 3.05) is 33.9 Å². The number of amides is 1. The average molecular weight is 441 g/mol. The van der Waals surface area contributed by atoms with E-state index in [1.165, 1.54) is 36.5 Å². The lowest BCUT2D eigenvalue weighted by Gasteiger charge is -2.40. The molecule has 6 heteroatoms. The Labute approximate surface area is 188 Å². The van der Waals surface area contributed by atoms with Gasteiger partial charge in [0, 0.05) is 56.3 Å². The number of carbonyl (C=O) groups excluding carboxylic acids is 1. The van der Waals surface area contributed by atoms with E-state index in [0.717, 1.165) is 43.9 Å². The molecule has 1 N–H and O–H groups in total. The summed E-state index contributed by atoms with van der Waals surface area (Å²) in [5, 5.41) is 3.89. The van der Waals surface area contributed by atoms with Crippen LogP contribution in [0.25, 0.3) is 0 Å². The molecular weight excluding hydrogens is 412 g/mol. The maximum Gasteiger partial charge on any atom is 0.277 e. The van der Waals surface area contributed by atoms with Crippen LogP contribution in [0.5, 0.6) is 0 Å². The Morgan fingerprint density at radius 3 is 2.58 bits per heavy atom. The third-order valence-electron chi connectivity index (χ3n) is 7.38. The monoisotopic (exact) mass is 440 g/mol. The molecule has 1 aliphatic heterocycles. The van der Waals surface area contributed by atoms with Crippen molar-refractivity contribution in [3.8, 4) is 0 Å². The predicted octanol–water partition coefficient (Wildman–Crippen LogP) is 3.67. The van der Waals surface area contributed by atoms with Crippen LogP contribution >= 0.6 is 11.6 Å². The number of halogens is 1. The number of hydrogen-bond donors (Lipinski definition) is 1. The number of nitrogens with one attached hydrogen (secondary N) is 1. The molecule has 0 radical (unpaired) electrons. The Bertz CT molecular complexity index is 984. The van der Waals surface area contributed by atoms with E-state index >= 15 is 0 Å². The lowest BCUT2D eigenvalue weighted by molar-refractivity contribution is -0.160. The van der Waals surface area contributed by atoms with Gasteiger partial charge in [-0.3, -0.25) is 4.79 Å². The van der Waals surface area contributed by atoms with Gasteiger partial charge in [0.25, 0.3) is 5.91 Å². The van der Waals surface area contributed by atoms with Crippen LogP contribution in [-0.2, 0) is 19.7 Å². The van der Waals surface area contributed by atoms with E-state index in [2.05, 4.69) is 46.6 Å². The lowest BCUT2D eigenvalue weighted by Crippen LogP contribution is -2.50. The van der Waals surface area contributed by atoms with Gasteiger partial charge in [0.15, 0.2) is 0 Å². The van der Waals surface area contributed by atoms with Gasteiger partial charge in [0.2, 0.25) is 6.29 Å². The van der Waals surface area contributed by atoms with E-state index in [-0.39, 0.29) is 17.4 Å². The molecule has 1 saturated heterocycles. The number of nitrogens with zero attached hydrogens (tertiary/aromatic N) is 1. The molecule has 3 aliphatic rings. The van der Waals surface area contributed by atoms with Gasteiger partial charge in [-0.05, 0) is 53.6 Å². The van der Waals surface area contributed by atoms with Crippen molar-refractivity contribution in [2.24, 2.45) is 0 Å². The summed E-state index contributed by atoms with van der Waals surface area (Å²) in [7, 11) is 2.96. The lowest BCUT2D eigenvalue weighted by atomic mass is 9.74. The number of ether oxygens (including phenoxy) is 2. The van der Waals surface area contributed by atoms with Crippen LogP contribution in [0.2, 0.25) is 5.02 Å². The molecule has 31 heavy (non-hydrogen) atoms. The highest BCUT2D eigenvalue weighted by atomic mass is 35.5. The molecule has 0 unspecified atom stereocenters. The Kier molecular flexibility index (Phi) is 5.55. The zero-order chi connectivity index (χ0) is 21.6. The van der Waals surface area contributed by atoms with Crippen molar-refractivity contribution < 1.29 is 14.3 Å². The SMILES string of the molecule is COC(OC)C(=O)NC1CCN(C[C@@]23C[C@@H](c4ccccc42)c2ccc(Cl)cc23)CC1. The average Bonchev–Trinajstić information content (AvgIpc) is 3.27. The Balaban J connectivity index is 1.33. The van der Waals surface area contributed by atoms with Gasteiger partial charge in [-0.2, -0.15) is 0 Å². The summed E-state index contributed by atoms with van der Waals surface area (Å²) < 4.78 is 10.1. The molecular formula is C25H29ClN2O3. The third kappa shape index (κ3) is 3.48. The van der Waals surface area contributed by atoms with Crippen LogP contribution in [0.4, 0.5) is 0 Å². The number of fused-ring (bicyclic) bond motifs is 8. The summed E-state index contributed by atoms with van der Waals surface area (Å²) in [5.74, 6) is 0.272. The van der Waals surface area contributed by atoms with Gasteiger partial charge in [-0.25, -0.2) is 0 Å². The zero-order valence-electron chi connectivity index (χ0n) is 18.1. The molecule has 2 atom stereocenters. The molecule has 0 spiro atoms. The van der Waals surface area contributed by atoms with Crippen molar-refractivity contribution in [3.63, 3.8) is 0 Å². The Morgan fingerprint density at radius 2 is 1.84 bits per heavy atom. The van der Waals surface area contributed by atoms with Crippen LogP contribution in [0.15, 0.2) is 42.5 Å². The van der Waals surface area contributed by atoms with Gasteiger partial charge >= 0.3 is 0 Å². The second-order valence-corrected chi connectivity index (χ2v) is 9.46. The zero-order valence-corrected chi connectivity index (χ0v) is 18.8. The Hall–Kier alpha value is -1.92. The van der Waals surface area contributed by atoms with Crippen molar-refractivity contribution in [1.82, 2.24) is 10.2 Å². The molecule has 2 aromatic carbocycles. The molecule has 164 valence electrons. The van der Waals surface area contributed by atoms with Gasteiger partial charge in [0.1, 0.15) is 0 Å². The summed E-state index contributed by atoms with van der Waals surface area (Å²) >= 11 is 6.43. The number of methoxy groups -OCH3 is 2. The third-order valence-corrected chi connectivity index (χ3v) is 7.62. The number of benzene rings is 2. The summed E-state index contributed by atoms with van der Waals surface area (Å²) in [5.41, 5.74) is 5.80. The van der Waals surface area contributed by atoms with Crippen LogP contribution < -0.4 is 5.32 Å². The van der Waals surface area contributed by atoms with Crippen LogP contribution in [-0.4, -0.2) is 57.0 Å². The first-order chi connectivity index (χ1) is 15.1. The molecule has 1 fully saturated rings. The quantitative estimate of drug-likeness (QED) is 0.696. The first-order valence-corrected chi connectivity index (χ1v) is 11.4. The Morgan fingerprint density at radius 1 is 1.13 bits per heavy atom. The molecule has 2 bridgehead atoms. The molecule has 1 heterocycles. The summed E-state index contributed by atoms with van der Waals surface area (Å²) in [4.78, 5) is 14.8. The standard InChI is InChI=1S/C25H29ClN2O3/c1-30-24(31-2)23(29)27-17-9-11-28(12-10-17)15-25-14-20(18-5-3-4-6-21(18)25)19-8-7-16(26)13-22(19)25/h3-8,13,17,20,24H,9-12,14-15H2,1-2H3,(H,27,29)/t20-,25-/m0/s1. The van der Waals surface area contributed by atoms with Crippen LogP contribution in [0.3, 0.4) is 0 Å². The fourth-order valence-electron chi connectivity index (χ4n) is 6.02. The first-order valence-electron chi connectivity index (χ1n) is 11.0. The topological polar surface area (TPSA) is 50.8 Å². The molecule has 2 aromatic rings. The molecule has 5 nitrogen and oxygen atoms in total. The molecule has 1 amide bonds. The molecule has 0 saturated carbocycles. The second kappa shape index (κ2) is 8.21. The van der Waals surface area contributed by atoms with E-state index in [1.807, 2.05) is 6.07 Å². The minimum atomic E-state index is -0.844. The largest absolute Gasteiger partial charge is 0.349 e. The summed E-state index contributed by atoms with van der Waals surface area (Å²) in [6.07, 6.45) is 2.14. The first kappa shape index (κ1) is 21.0. The summed E-state index contributed by atoms with van der Waals surface area (Å²) in [6, 6.07) is 15.5. The van der Waals surface area contributed by atoms with Gasteiger partial charge < -0.3 is 19.7 Å². The maximum atomic E-state index is 12.3. The van der Waals surface area contributed by atoms with Crippen molar-refractivity contribution in [3.05, 3.63) is 69.7 Å². The van der Waals surface area contributed by atoms with Gasteiger partial charge in [-0.1, -0.05) is 41.9 Å². The van der Waals surface area contributed by atoms with Crippen LogP contribution in [0.1, 0.15) is 47.4 Å². The van der Waals surface area contributed by atoms with E-state index in [9.17, 15) is 4.79 Å². The highest BCUT2D eigenvalue weighted by Crippen LogP contribution is 2.60. The van der Waals surface area contributed by atoms with Crippen LogP contribution in [0, 0.1) is 0 Å². The number of hydrogen-bond acceptors (Lipinski definition) is 4. The van der Waals surface area contributed by atoms with Crippen molar-refractivity contribution in [1.29, 1.82) is 0 Å². The highest BCUT2D eigenvalue weighted by molar-refractivity contribution is 6.30. The van der Waals surface area contributed by atoms with Gasteiger partial charge in [-0.15, -0.1) is 0 Å². The van der Waals surface area contributed by atoms with Gasteiger partial charge in [0.05, 0.1) is 0 Å². The smallest absolute Gasteiger partial charge is 0.277 e. The van der Waals surface area contributed by atoms with Crippen molar-refractivity contribution >= 4 is 17.5 Å². The second-order valence-electron chi connectivity index (χ2n) is 9.02. The molecule has 2 aliphatic carbocycles.